The highest BCUT2D eigenvalue weighted by molar-refractivity contribution is 7.99. The molecule has 1 N–H and O–H groups in total. The van der Waals surface area contributed by atoms with Crippen LogP contribution < -0.4 is 5.32 Å². The third kappa shape index (κ3) is 2.96. The van der Waals surface area contributed by atoms with Crippen molar-refractivity contribution in [2.45, 2.75) is 42.2 Å². The predicted octanol–water partition coefficient (Wildman–Crippen LogP) is 4.58. The number of benzene rings is 1. The number of nitrogens with one attached hydrogen (secondary N) is 1. The van der Waals surface area contributed by atoms with Gasteiger partial charge in [0.15, 0.2) is 5.16 Å². The summed E-state index contributed by atoms with van der Waals surface area (Å²) in [4.78, 5) is 18.4. The van der Waals surface area contributed by atoms with Crippen molar-refractivity contribution in [3.05, 3.63) is 36.7 Å². The van der Waals surface area contributed by atoms with Crippen molar-refractivity contribution >= 4 is 23.4 Å². The Labute approximate surface area is 158 Å². The topological polar surface area (TPSA) is 46.9 Å². The summed E-state index contributed by atoms with van der Waals surface area (Å²) in [6.45, 7) is 0. The zero-order valence-electron chi connectivity index (χ0n) is 15.1. The molecule has 4 aliphatic carbocycles. The minimum Gasteiger partial charge on any atom is -0.329 e. The average Bonchev–Trinajstić information content (AvgIpc) is 3.00. The molecule has 1 aromatic heterocycles. The molecule has 1 amide bonds. The van der Waals surface area contributed by atoms with E-state index in [0.29, 0.717) is 11.8 Å². The van der Waals surface area contributed by atoms with Gasteiger partial charge in [0, 0.05) is 35.9 Å². The van der Waals surface area contributed by atoms with E-state index in [9.17, 15) is 4.79 Å². The van der Waals surface area contributed by atoms with E-state index in [1.807, 2.05) is 36.1 Å². The molecule has 4 saturated carbocycles. The number of carbonyl (C=O) groups excluding carboxylic acids is 1. The summed E-state index contributed by atoms with van der Waals surface area (Å²) < 4.78 is 2.01. The molecule has 4 fully saturated rings. The number of nitrogens with zero attached hydrogens (tertiary/aromatic N) is 2. The molecule has 0 atom stereocenters. The second kappa shape index (κ2) is 6.45. The molecule has 5 heteroatoms. The highest BCUT2D eigenvalue weighted by Gasteiger charge is 2.50. The first kappa shape index (κ1) is 16.4. The van der Waals surface area contributed by atoms with Gasteiger partial charge in [0.1, 0.15) is 0 Å². The fraction of sp³-hybridized carbons (Fsp3) is 0.524. The summed E-state index contributed by atoms with van der Waals surface area (Å²) in [5, 5.41) is 4.17. The molecule has 2 aromatic rings. The predicted molar refractivity (Wildman–Crippen MR) is 103 cm³/mol. The van der Waals surface area contributed by atoms with Crippen LogP contribution in [0.5, 0.6) is 0 Å². The van der Waals surface area contributed by atoms with Gasteiger partial charge in [-0.15, -0.1) is 0 Å². The Bertz CT molecular complexity index is 785. The lowest BCUT2D eigenvalue weighted by Gasteiger charge is -2.53. The number of hydrogen-bond acceptors (Lipinski definition) is 3. The molecular weight excluding hydrogens is 342 g/mol. The molecule has 26 heavy (non-hydrogen) atoms. The van der Waals surface area contributed by atoms with Gasteiger partial charge in [-0.2, -0.15) is 0 Å². The molecule has 136 valence electrons. The lowest BCUT2D eigenvalue weighted by atomic mass is 9.51. The minimum absolute atomic E-state index is 0.240. The van der Waals surface area contributed by atoms with Gasteiger partial charge in [0.25, 0.3) is 0 Å². The van der Waals surface area contributed by atoms with Gasteiger partial charge in [-0.3, -0.25) is 4.79 Å². The van der Waals surface area contributed by atoms with Crippen LogP contribution in [-0.4, -0.2) is 15.5 Å². The van der Waals surface area contributed by atoms with Crippen LogP contribution in [0.4, 0.5) is 5.69 Å². The fourth-order valence-corrected chi connectivity index (χ4v) is 6.54. The van der Waals surface area contributed by atoms with E-state index in [4.69, 9.17) is 0 Å². The lowest BCUT2D eigenvalue weighted by Crippen LogP contribution is -2.49. The van der Waals surface area contributed by atoms with E-state index in [0.717, 1.165) is 27.6 Å². The van der Waals surface area contributed by atoms with Crippen LogP contribution in [0.2, 0.25) is 0 Å². The Kier molecular flexibility index (Phi) is 4.07. The smallest absolute Gasteiger partial charge is 0.228 e. The van der Waals surface area contributed by atoms with Crippen LogP contribution in [0.1, 0.15) is 32.1 Å². The molecule has 1 heterocycles. The number of aromatic nitrogens is 2. The number of rotatable bonds is 4. The van der Waals surface area contributed by atoms with E-state index in [1.165, 1.54) is 32.1 Å². The molecule has 4 bridgehead atoms. The number of aryl methyl sites for hydroxylation is 1. The fourth-order valence-electron chi connectivity index (χ4n) is 5.74. The number of amides is 1. The summed E-state index contributed by atoms with van der Waals surface area (Å²) in [5.74, 6) is 3.56. The summed E-state index contributed by atoms with van der Waals surface area (Å²) in [6.07, 6.45) is 10.3. The van der Waals surface area contributed by atoms with E-state index >= 15 is 0 Å². The van der Waals surface area contributed by atoms with Crippen molar-refractivity contribution in [3.63, 3.8) is 0 Å². The van der Waals surface area contributed by atoms with Crippen molar-refractivity contribution in [3.8, 4) is 0 Å². The molecule has 0 spiro atoms. The maximum absolute atomic E-state index is 13.0. The molecule has 4 nitrogen and oxygen atoms in total. The van der Waals surface area contributed by atoms with Gasteiger partial charge >= 0.3 is 0 Å². The van der Waals surface area contributed by atoms with Crippen LogP contribution in [0.3, 0.4) is 0 Å². The zero-order chi connectivity index (χ0) is 17.7. The van der Waals surface area contributed by atoms with Gasteiger partial charge < -0.3 is 9.88 Å². The van der Waals surface area contributed by atoms with E-state index < -0.39 is 0 Å². The Morgan fingerprint density at radius 1 is 1.08 bits per heavy atom. The molecule has 4 aliphatic rings. The van der Waals surface area contributed by atoms with E-state index in [1.54, 1.807) is 11.8 Å². The van der Waals surface area contributed by atoms with E-state index in [-0.39, 0.29) is 11.8 Å². The van der Waals surface area contributed by atoms with Gasteiger partial charge in [-0.25, -0.2) is 4.98 Å². The van der Waals surface area contributed by atoms with Gasteiger partial charge in [-0.1, -0.05) is 11.8 Å². The quantitative estimate of drug-likeness (QED) is 0.860. The second-order valence-electron chi connectivity index (χ2n) is 8.39. The zero-order valence-corrected chi connectivity index (χ0v) is 15.9. The molecule has 6 rings (SSSR count). The Balaban J connectivity index is 1.25. The van der Waals surface area contributed by atoms with Crippen molar-refractivity contribution in [2.24, 2.45) is 36.6 Å². The van der Waals surface area contributed by atoms with Crippen LogP contribution in [0, 0.1) is 29.6 Å². The Morgan fingerprint density at radius 3 is 2.31 bits per heavy atom. The van der Waals surface area contributed by atoms with Crippen LogP contribution in [0.25, 0.3) is 0 Å². The largest absolute Gasteiger partial charge is 0.329 e. The second-order valence-corrected chi connectivity index (χ2v) is 9.43. The van der Waals surface area contributed by atoms with Gasteiger partial charge in [0.05, 0.1) is 0 Å². The molecule has 0 aliphatic heterocycles. The minimum atomic E-state index is 0.240. The van der Waals surface area contributed by atoms with Crippen molar-refractivity contribution in [1.82, 2.24) is 9.55 Å². The average molecular weight is 368 g/mol. The number of anilines is 1. The van der Waals surface area contributed by atoms with Crippen molar-refractivity contribution in [1.29, 1.82) is 0 Å². The molecule has 0 radical (unpaired) electrons. The lowest BCUT2D eigenvalue weighted by molar-refractivity contribution is -0.132. The monoisotopic (exact) mass is 367 g/mol. The third-order valence-corrected chi connectivity index (χ3v) is 7.72. The number of imidazole rings is 1. The molecule has 1 aromatic carbocycles. The summed E-state index contributed by atoms with van der Waals surface area (Å²) in [7, 11) is 1.99. The Hall–Kier alpha value is -1.75. The van der Waals surface area contributed by atoms with Crippen molar-refractivity contribution in [2.75, 3.05) is 5.32 Å². The van der Waals surface area contributed by atoms with Gasteiger partial charge in [-0.05, 0) is 80.0 Å². The maximum atomic E-state index is 13.0. The molecule has 0 unspecified atom stereocenters. The van der Waals surface area contributed by atoms with Crippen molar-refractivity contribution < 1.29 is 4.79 Å². The van der Waals surface area contributed by atoms with Crippen LogP contribution >= 0.6 is 11.8 Å². The number of carbonyl (C=O) groups is 1. The molecule has 0 saturated heterocycles. The Morgan fingerprint density at radius 2 is 1.73 bits per heavy atom. The normalized spacial score (nSPS) is 32.0. The summed E-state index contributed by atoms with van der Waals surface area (Å²) in [6, 6.07) is 8.15. The summed E-state index contributed by atoms with van der Waals surface area (Å²) in [5.41, 5.74) is 0.910. The first-order valence-electron chi connectivity index (χ1n) is 9.72. The standard InChI is InChI=1S/C21H25N3OS/c1-24-7-6-22-21(24)26-18-4-2-17(3-5-18)23-20(25)19-15-9-13-8-14(11-15)12-16(19)10-13/h2-7,13-16,19H,8-12H2,1H3,(H,23,25). The first-order valence-corrected chi connectivity index (χ1v) is 10.5. The number of hydrogen-bond donors (Lipinski definition) is 1. The van der Waals surface area contributed by atoms with Gasteiger partial charge in [0.2, 0.25) is 5.91 Å². The highest BCUT2D eigenvalue weighted by Crippen LogP contribution is 2.56. The summed E-state index contributed by atoms with van der Waals surface area (Å²) >= 11 is 1.63. The maximum Gasteiger partial charge on any atom is 0.228 e. The van der Waals surface area contributed by atoms with Crippen LogP contribution in [-0.2, 0) is 11.8 Å². The third-order valence-electron chi connectivity index (χ3n) is 6.64. The molecular formula is C21H25N3OS. The van der Waals surface area contributed by atoms with E-state index in [2.05, 4.69) is 22.4 Å². The SMILES string of the molecule is Cn1ccnc1Sc1ccc(NC(=O)C2C3CC4CC(C3)CC2C4)cc1. The first-order chi connectivity index (χ1) is 12.7. The highest BCUT2D eigenvalue weighted by atomic mass is 32.2. The van der Waals surface area contributed by atoms with Crippen LogP contribution in [0.15, 0.2) is 46.7 Å².